The third-order valence-electron chi connectivity index (χ3n) is 3.45. The van der Waals surface area contributed by atoms with Gasteiger partial charge < -0.3 is 4.74 Å². The van der Waals surface area contributed by atoms with Crippen LogP contribution in [0.2, 0.25) is 0 Å². The van der Waals surface area contributed by atoms with E-state index in [1.54, 1.807) is 0 Å². The predicted octanol–water partition coefficient (Wildman–Crippen LogP) is 3.32. The molecule has 2 heteroatoms. The van der Waals surface area contributed by atoms with E-state index in [2.05, 4.69) is 13.5 Å². The summed E-state index contributed by atoms with van der Waals surface area (Å²) < 4.78 is 5.14. The number of ether oxygens (including phenoxy) is 1. The number of rotatable bonds is 5. The lowest BCUT2D eigenvalue weighted by Gasteiger charge is -2.29. The maximum atomic E-state index is 11.0. The summed E-state index contributed by atoms with van der Waals surface area (Å²) in [5.74, 6) is 1.03. The lowest BCUT2D eigenvalue weighted by Crippen LogP contribution is -2.23. The third-order valence-corrected chi connectivity index (χ3v) is 3.45. The molecule has 0 saturated heterocycles. The van der Waals surface area contributed by atoms with Crippen LogP contribution in [0.3, 0.4) is 0 Å². The van der Waals surface area contributed by atoms with Crippen LogP contribution >= 0.6 is 0 Å². The minimum Gasteiger partial charge on any atom is -0.462 e. The molecule has 1 fully saturated rings. The summed E-state index contributed by atoms with van der Waals surface area (Å²) in [4.78, 5) is 11.0. The fraction of sp³-hybridized carbons (Fsp3) is 0.769. The first-order chi connectivity index (χ1) is 7.27. The number of hydrogen-bond acceptors (Lipinski definition) is 2. The second-order valence-electron chi connectivity index (χ2n) is 4.40. The summed E-state index contributed by atoms with van der Waals surface area (Å²) in [5, 5.41) is 0. The van der Waals surface area contributed by atoms with Crippen molar-refractivity contribution in [3.8, 4) is 0 Å². The number of esters is 1. The molecular weight excluding hydrogens is 188 g/mol. The maximum Gasteiger partial charge on any atom is 0.330 e. The van der Waals surface area contributed by atoms with Crippen molar-refractivity contribution >= 4 is 5.97 Å². The molecule has 1 atom stereocenters. The molecule has 2 nitrogen and oxygen atoms in total. The van der Waals surface area contributed by atoms with Gasteiger partial charge in [-0.1, -0.05) is 45.6 Å². The highest BCUT2D eigenvalue weighted by Gasteiger charge is 2.23. The maximum absolute atomic E-state index is 11.0. The first-order valence-electron chi connectivity index (χ1n) is 6.07. The predicted molar refractivity (Wildman–Crippen MR) is 61.5 cm³/mol. The van der Waals surface area contributed by atoms with E-state index in [9.17, 15) is 4.79 Å². The second kappa shape index (κ2) is 6.65. The summed E-state index contributed by atoms with van der Waals surface area (Å²) in [6.45, 7) is 6.16. The molecule has 1 unspecified atom stereocenters. The van der Waals surface area contributed by atoms with Gasteiger partial charge in [0.15, 0.2) is 0 Å². The van der Waals surface area contributed by atoms with Crippen LogP contribution in [0.5, 0.6) is 0 Å². The molecule has 0 bridgehead atoms. The SMILES string of the molecule is C=CC(=O)OCC(CC)C1CCCCC1. The van der Waals surface area contributed by atoms with E-state index in [4.69, 9.17) is 4.74 Å². The van der Waals surface area contributed by atoms with Crippen molar-refractivity contribution in [2.75, 3.05) is 6.61 Å². The van der Waals surface area contributed by atoms with Gasteiger partial charge in [-0.3, -0.25) is 0 Å². The van der Waals surface area contributed by atoms with E-state index in [0.717, 1.165) is 12.3 Å². The molecule has 1 aliphatic carbocycles. The molecule has 0 aromatic heterocycles. The zero-order valence-corrected chi connectivity index (χ0v) is 9.71. The molecule has 86 valence electrons. The molecule has 1 aliphatic rings. The van der Waals surface area contributed by atoms with Crippen LogP contribution in [0, 0.1) is 11.8 Å². The monoisotopic (exact) mass is 210 g/mol. The molecule has 0 radical (unpaired) electrons. The standard InChI is InChI=1S/C13H22O2/c1-3-11(10-15-13(14)4-2)12-8-6-5-7-9-12/h4,11-12H,2-3,5-10H2,1H3. The molecule has 0 amide bonds. The minimum atomic E-state index is -0.288. The Hall–Kier alpha value is -0.790. The van der Waals surface area contributed by atoms with E-state index in [1.165, 1.54) is 38.2 Å². The highest BCUT2D eigenvalue weighted by molar-refractivity contribution is 5.81. The van der Waals surface area contributed by atoms with Gasteiger partial charge >= 0.3 is 5.97 Å². The summed E-state index contributed by atoms with van der Waals surface area (Å²) in [7, 11) is 0. The van der Waals surface area contributed by atoms with Gasteiger partial charge in [-0.15, -0.1) is 0 Å². The Labute approximate surface area is 92.7 Å². The topological polar surface area (TPSA) is 26.3 Å². The first kappa shape index (κ1) is 12.3. The highest BCUT2D eigenvalue weighted by atomic mass is 16.5. The van der Waals surface area contributed by atoms with Crippen molar-refractivity contribution in [2.24, 2.45) is 11.8 Å². The Kier molecular flexibility index (Phi) is 5.44. The first-order valence-corrected chi connectivity index (χ1v) is 6.07. The Bertz CT molecular complexity index is 205. The normalized spacial score (nSPS) is 19.5. The Morgan fingerprint density at radius 2 is 2.13 bits per heavy atom. The van der Waals surface area contributed by atoms with Crippen LogP contribution in [-0.2, 0) is 9.53 Å². The molecule has 1 rings (SSSR count). The van der Waals surface area contributed by atoms with E-state index >= 15 is 0 Å². The molecular formula is C13H22O2. The average molecular weight is 210 g/mol. The summed E-state index contributed by atoms with van der Waals surface area (Å²) in [6, 6.07) is 0. The Morgan fingerprint density at radius 1 is 1.47 bits per heavy atom. The molecule has 0 aliphatic heterocycles. The van der Waals surface area contributed by atoms with E-state index < -0.39 is 0 Å². The Morgan fingerprint density at radius 3 is 2.67 bits per heavy atom. The Balaban J connectivity index is 2.33. The molecule has 0 aromatic rings. The van der Waals surface area contributed by atoms with Crippen molar-refractivity contribution in [3.63, 3.8) is 0 Å². The largest absolute Gasteiger partial charge is 0.462 e. The average Bonchev–Trinajstić information content (AvgIpc) is 2.31. The van der Waals surface area contributed by atoms with Crippen LogP contribution in [0.15, 0.2) is 12.7 Å². The molecule has 0 heterocycles. The summed E-state index contributed by atoms with van der Waals surface area (Å²) in [5.41, 5.74) is 0. The smallest absolute Gasteiger partial charge is 0.330 e. The zero-order chi connectivity index (χ0) is 11.1. The number of hydrogen-bond donors (Lipinski definition) is 0. The molecule has 15 heavy (non-hydrogen) atoms. The molecule has 0 N–H and O–H groups in total. The van der Waals surface area contributed by atoms with E-state index in [-0.39, 0.29) is 5.97 Å². The van der Waals surface area contributed by atoms with Crippen LogP contribution in [0.25, 0.3) is 0 Å². The van der Waals surface area contributed by atoms with Gasteiger partial charge in [0.2, 0.25) is 0 Å². The van der Waals surface area contributed by atoms with E-state index in [1.807, 2.05) is 0 Å². The fourth-order valence-electron chi connectivity index (χ4n) is 2.44. The quantitative estimate of drug-likeness (QED) is 0.514. The number of carbonyl (C=O) groups is 1. The van der Waals surface area contributed by atoms with Crippen molar-refractivity contribution in [3.05, 3.63) is 12.7 Å². The van der Waals surface area contributed by atoms with Gasteiger partial charge in [-0.25, -0.2) is 4.79 Å². The van der Waals surface area contributed by atoms with Gasteiger partial charge in [-0.05, 0) is 18.3 Å². The summed E-state index contributed by atoms with van der Waals surface area (Å²) in [6.07, 6.45) is 9.03. The van der Waals surface area contributed by atoms with Crippen LogP contribution in [0.1, 0.15) is 45.4 Å². The van der Waals surface area contributed by atoms with Gasteiger partial charge in [0.25, 0.3) is 0 Å². The number of carbonyl (C=O) groups excluding carboxylic acids is 1. The zero-order valence-electron chi connectivity index (χ0n) is 9.71. The molecule has 0 spiro atoms. The van der Waals surface area contributed by atoms with Crippen molar-refractivity contribution in [1.29, 1.82) is 0 Å². The molecule has 1 saturated carbocycles. The third kappa shape index (κ3) is 4.06. The van der Waals surface area contributed by atoms with Crippen molar-refractivity contribution in [1.82, 2.24) is 0 Å². The van der Waals surface area contributed by atoms with Crippen LogP contribution in [0.4, 0.5) is 0 Å². The van der Waals surface area contributed by atoms with Crippen LogP contribution in [-0.4, -0.2) is 12.6 Å². The van der Waals surface area contributed by atoms with Gasteiger partial charge in [0.1, 0.15) is 0 Å². The van der Waals surface area contributed by atoms with Crippen molar-refractivity contribution < 1.29 is 9.53 Å². The van der Waals surface area contributed by atoms with Gasteiger partial charge in [0, 0.05) is 6.08 Å². The van der Waals surface area contributed by atoms with E-state index in [0.29, 0.717) is 12.5 Å². The lowest BCUT2D eigenvalue weighted by molar-refractivity contribution is -0.139. The van der Waals surface area contributed by atoms with Crippen molar-refractivity contribution in [2.45, 2.75) is 45.4 Å². The van der Waals surface area contributed by atoms with Crippen LogP contribution < -0.4 is 0 Å². The van der Waals surface area contributed by atoms with Gasteiger partial charge in [0.05, 0.1) is 6.61 Å². The second-order valence-corrected chi connectivity index (χ2v) is 4.40. The lowest BCUT2D eigenvalue weighted by atomic mass is 9.79. The molecule has 0 aromatic carbocycles. The summed E-state index contributed by atoms with van der Waals surface area (Å²) >= 11 is 0. The minimum absolute atomic E-state index is 0.288. The fourth-order valence-corrected chi connectivity index (χ4v) is 2.44. The van der Waals surface area contributed by atoms with Gasteiger partial charge in [-0.2, -0.15) is 0 Å². The highest BCUT2D eigenvalue weighted by Crippen LogP contribution is 2.31.